The maximum atomic E-state index is 12.1. The monoisotopic (exact) mass is 257 g/mol. The first kappa shape index (κ1) is 12.9. The number of rotatable bonds is 2. The molecule has 1 aliphatic carbocycles. The minimum absolute atomic E-state index is 0.285. The van der Waals surface area contributed by atoms with Gasteiger partial charge in [0.2, 0.25) is 0 Å². The first-order valence-corrected chi connectivity index (χ1v) is 7.35. The Morgan fingerprint density at radius 1 is 1.21 bits per heavy atom. The molecule has 1 aromatic rings. The molecule has 0 amide bonds. The summed E-state index contributed by atoms with van der Waals surface area (Å²) in [6.45, 7) is 7.70. The highest BCUT2D eigenvalue weighted by atomic mass is 16.1. The summed E-state index contributed by atoms with van der Waals surface area (Å²) < 4.78 is 0. The molecule has 1 saturated carbocycles. The second-order valence-electron chi connectivity index (χ2n) is 6.85. The first-order valence-electron chi connectivity index (χ1n) is 7.35. The molecule has 0 spiro atoms. The Morgan fingerprint density at radius 2 is 1.95 bits per heavy atom. The van der Waals surface area contributed by atoms with Crippen LogP contribution in [0.3, 0.4) is 0 Å². The fraction of sp³-hybridized carbons (Fsp3) is 0.588. The molecule has 1 saturated heterocycles. The molecule has 1 aliphatic heterocycles. The second kappa shape index (κ2) is 4.75. The van der Waals surface area contributed by atoms with Gasteiger partial charge in [-0.05, 0) is 23.3 Å². The number of hydrogen-bond acceptors (Lipinski definition) is 2. The van der Waals surface area contributed by atoms with Crippen LogP contribution in [0.25, 0.3) is 0 Å². The minimum Gasteiger partial charge on any atom is -0.299 e. The summed E-state index contributed by atoms with van der Waals surface area (Å²) >= 11 is 0. The number of carbonyl (C=O) groups is 1. The van der Waals surface area contributed by atoms with Crippen molar-refractivity contribution in [3.63, 3.8) is 0 Å². The van der Waals surface area contributed by atoms with Gasteiger partial charge in [0.05, 0.1) is 0 Å². The summed E-state index contributed by atoms with van der Waals surface area (Å²) in [6.07, 6.45) is 1.85. The zero-order chi connectivity index (χ0) is 13.5. The SMILES string of the molecule is CC1(C)CCC(=O)C2CN(Cc3ccccc3)CC21. The molecule has 1 heterocycles. The van der Waals surface area contributed by atoms with E-state index >= 15 is 0 Å². The van der Waals surface area contributed by atoms with Crippen LogP contribution in [0, 0.1) is 17.3 Å². The van der Waals surface area contributed by atoms with E-state index in [-0.39, 0.29) is 5.92 Å². The van der Waals surface area contributed by atoms with Crippen LogP contribution >= 0.6 is 0 Å². The molecule has 2 aliphatic rings. The summed E-state index contributed by atoms with van der Waals surface area (Å²) in [4.78, 5) is 14.6. The number of Topliss-reactive ketones (excluding diaryl/α,β-unsaturated/α-hetero) is 1. The van der Waals surface area contributed by atoms with Gasteiger partial charge >= 0.3 is 0 Å². The van der Waals surface area contributed by atoms with Crippen LogP contribution in [-0.4, -0.2) is 23.8 Å². The molecule has 2 fully saturated rings. The Morgan fingerprint density at radius 3 is 2.63 bits per heavy atom. The van der Waals surface area contributed by atoms with Crippen molar-refractivity contribution < 1.29 is 4.79 Å². The van der Waals surface area contributed by atoms with E-state index in [9.17, 15) is 4.79 Å². The maximum absolute atomic E-state index is 12.1. The molecule has 1 aromatic carbocycles. The highest BCUT2D eigenvalue weighted by Crippen LogP contribution is 2.46. The van der Waals surface area contributed by atoms with E-state index in [1.54, 1.807) is 0 Å². The topological polar surface area (TPSA) is 20.3 Å². The lowest BCUT2D eigenvalue weighted by Crippen LogP contribution is -2.39. The summed E-state index contributed by atoms with van der Waals surface area (Å²) in [5.74, 6) is 1.34. The number of ketones is 1. The average molecular weight is 257 g/mol. The lowest BCUT2D eigenvalue weighted by atomic mass is 9.64. The van der Waals surface area contributed by atoms with Gasteiger partial charge in [-0.1, -0.05) is 44.2 Å². The Bertz CT molecular complexity index is 465. The number of likely N-dealkylation sites (tertiary alicyclic amines) is 1. The van der Waals surface area contributed by atoms with Crippen molar-refractivity contribution in [2.45, 2.75) is 33.2 Å². The van der Waals surface area contributed by atoms with Gasteiger partial charge in [-0.15, -0.1) is 0 Å². The number of carbonyl (C=O) groups excluding carboxylic acids is 1. The lowest BCUT2D eigenvalue weighted by Gasteiger charge is -2.39. The van der Waals surface area contributed by atoms with Crippen molar-refractivity contribution in [2.75, 3.05) is 13.1 Å². The van der Waals surface area contributed by atoms with E-state index in [0.29, 0.717) is 17.1 Å². The van der Waals surface area contributed by atoms with Crippen molar-refractivity contribution in [1.82, 2.24) is 4.90 Å². The molecular weight excluding hydrogens is 234 g/mol. The molecule has 3 rings (SSSR count). The molecule has 2 nitrogen and oxygen atoms in total. The van der Waals surface area contributed by atoms with Gasteiger partial charge in [0, 0.05) is 32.0 Å². The lowest BCUT2D eigenvalue weighted by molar-refractivity contribution is -0.128. The van der Waals surface area contributed by atoms with Crippen LogP contribution in [0.1, 0.15) is 32.3 Å². The zero-order valence-corrected chi connectivity index (χ0v) is 11.9. The fourth-order valence-corrected chi connectivity index (χ4v) is 3.79. The van der Waals surface area contributed by atoms with Crippen molar-refractivity contribution >= 4 is 5.78 Å². The van der Waals surface area contributed by atoms with Gasteiger partial charge in [-0.2, -0.15) is 0 Å². The highest BCUT2D eigenvalue weighted by molar-refractivity contribution is 5.83. The molecule has 2 unspecified atom stereocenters. The van der Waals surface area contributed by atoms with Gasteiger partial charge in [-0.3, -0.25) is 9.69 Å². The van der Waals surface area contributed by atoms with E-state index in [4.69, 9.17) is 0 Å². The molecule has 0 aromatic heterocycles. The average Bonchev–Trinajstić information content (AvgIpc) is 2.81. The van der Waals surface area contributed by atoms with Crippen LogP contribution < -0.4 is 0 Å². The Hall–Kier alpha value is -1.15. The van der Waals surface area contributed by atoms with E-state index < -0.39 is 0 Å². The standard InChI is InChI=1S/C17H23NO/c1-17(2)9-8-16(19)14-11-18(12-15(14)17)10-13-6-4-3-5-7-13/h3-7,14-15H,8-12H2,1-2H3. The van der Waals surface area contributed by atoms with Crippen LogP contribution in [0.5, 0.6) is 0 Å². The summed E-state index contributed by atoms with van der Waals surface area (Å²) in [7, 11) is 0. The van der Waals surface area contributed by atoms with Crippen LogP contribution in [-0.2, 0) is 11.3 Å². The highest BCUT2D eigenvalue weighted by Gasteiger charge is 2.48. The molecule has 2 atom stereocenters. The van der Waals surface area contributed by atoms with Gasteiger partial charge in [0.15, 0.2) is 0 Å². The van der Waals surface area contributed by atoms with E-state index in [0.717, 1.165) is 32.5 Å². The summed E-state index contributed by atoms with van der Waals surface area (Å²) in [5.41, 5.74) is 1.68. The molecule has 2 heteroatoms. The quantitative estimate of drug-likeness (QED) is 0.811. The third-order valence-corrected chi connectivity index (χ3v) is 5.08. The number of benzene rings is 1. The Kier molecular flexibility index (Phi) is 3.22. The molecule has 0 bridgehead atoms. The first-order chi connectivity index (χ1) is 9.06. The van der Waals surface area contributed by atoms with Gasteiger partial charge in [0.1, 0.15) is 5.78 Å². The van der Waals surface area contributed by atoms with Crippen molar-refractivity contribution in [3.8, 4) is 0 Å². The van der Waals surface area contributed by atoms with Crippen molar-refractivity contribution in [2.24, 2.45) is 17.3 Å². The number of fused-ring (bicyclic) bond motifs is 1. The van der Waals surface area contributed by atoms with E-state index in [1.807, 2.05) is 0 Å². The van der Waals surface area contributed by atoms with Crippen LogP contribution in [0.2, 0.25) is 0 Å². The third-order valence-electron chi connectivity index (χ3n) is 5.08. The maximum Gasteiger partial charge on any atom is 0.137 e. The molecule has 0 N–H and O–H groups in total. The van der Waals surface area contributed by atoms with E-state index in [2.05, 4.69) is 49.1 Å². The largest absolute Gasteiger partial charge is 0.299 e. The molecular formula is C17H23NO. The number of nitrogens with zero attached hydrogens (tertiary/aromatic N) is 1. The van der Waals surface area contributed by atoms with Crippen molar-refractivity contribution in [3.05, 3.63) is 35.9 Å². The number of hydrogen-bond donors (Lipinski definition) is 0. The minimum atomic E-state index is 0.285. The van der Waals surface area contributed by atoms with Crippen molar-refractivity contribution in [1.29, 1.82) is 0 Å². The summed E-state index contributed by atoms with van der Waals surface area (Å²) in [6, 6.07) is 10.6. The van der Waals surface area contributed by atoms with Gasteiger partial charge in [0.25, 0.3) is 0 Å². The smallest absolute Gasteiger partial charge is 0.137 e. The normalized spacial score (nSPS) is 30.3. The van der Waals surface area contributed by atoms with Gasteiger partial charge in [-0.25, -0.2) is 0 Å². The zero-order valence-electron chi connectivity index (χ0n) is 11.9. The van der Waals surface area contributed by atoms with Crippen LogP contribution in [0.15, 0.2) is 30.3 Å². The molecule has 102 valence electrons. The fourth-order valence-electron chi connectivity index (χ4n) is 3.79. The van der Waals surface area contributed by atoms with Gasteiger partial charge < -0.3 is 0 Å². The predicted octanol–water partition coefficient (Wildman–Crippen LogP) is 3.12. The summed E-state index contributed by atoms with van der Waals surface area (Å²) in [5, 5.41) is 0. The Balaban J connectivity index is 1.73. The molecule has 19 heavy (non-hydrogen) atoms. The van der Waals surface area contributed by atoms with E-state index in [1.165, 1.54) is 5.56 Å². The predicted molar refractivity (Wildman–Crippen MR) is 76.7 cm³/mol. The second-order valence-corrected chi connectivity index (χ2v) is 6.85. The van der Waals surface area contributed by atoms with Crippen LogP contribution in [0.4, 0.5) is 0 Å². The third kappa shape index (κ3) is 2.46. The molecule has 0 radical (unpaired) electrons. The Labute approximate surface area is 115 Å².